The van der Waals surface area contributed by atoms with E-state index in [1.54, 1.807) is 6.07 Å². The van der Waals surface area contributed by atoms with Crippen molar-refractivity contribution in [2.24, 2.45) is 0 Å². The van der Waals surface area contributed by atoms with Gasteiger partial charge in [-0.15, -0.1) is 0 Å². The SMILES string of the molecule is C=C/C(=C\C=C(C)C)Cc1cc(Cl)ccc1Cl. The van der Waals surface area contributed by atoms with Gasteiger partial charge in [-0.2, -0.15) is 0 Å². The van der Waals surface area contributed by atoms with Gasteiger partial charge in [0, 0.05) is 10.0 Å². The van der Waals surface area contributed by atoms with Gasteiger partial charge in [-0.05, 0) is 49.6 Å². The number of halogens is 2. The molecule has 0 unspecified atom stereocenters. The number of hydrogen-bond donors (Lipinski definition) is 0. The van der Waals surface area contributed by atoms with Crippen molar-refractivity contribution in [3.63, 3.8) is 0 Å². The van der Waals surface area contributed by atoms with E-state index in [1.807, 2.05) is 18.2 Å². The first kappa shape index (κ1) is 14.1. The van der Waals surface area contributed by atoms with Crippen molar-refractivity contribution in [3.05, 3.63) is 69.8 Å². The average Bonchev–Trinajstić information content (AvgIpc) is 2.28. The van der Waals surface area contributed by atoms with E-state index in [2.05, 4.69) is 32.6 Å². The highest BCUT2D eigenvalue weighted by Gasteiger charge is 2.02. The molecule has 2 heteroatoms. The van der Waals surface area contributed by atoms with Crippen LogP contribution in [0, 0.1) is 0 Å². The van der Waals surface area contributed by atoms with Crippen molar-refractivity contribution in [2.75, 3.05) is 0 Å². The van der Waals surface area contributed by atoms with Gasteiger partial charge in [0.15, 0.2) is 0 Å². The molecular formula is C15H16Cl2. The zero-order chi connectivity index (χ0) is 12.8. The number of rotatable bonds is 4. The molecular weight excluding hydrogens is 251 g/mol. The van der Waals surface area contributed by atoms with Crippen LogP contribution in [0.1, 0.15) is 19.4 Å². The molecule has 1 aromatic rings. The van der Waals surface area contributed by atoms with Crippen molar-refractivity contribution in [3.8, 4) is 0 Å². The van der Waals surface area contributed by atoms with Crippen LogP contribution in [-0.4, -0.2) is 0 Å². The molecule has 0 heterocycles. The molecule has 1 aromatic carbocycles. The van der Waals surface area contributed by atoms with Crippen LogP contribution in [0.3, 0.4) is 0 Å². The van der Waals surface area contributed by atoms with Gasteiger partial charge in [0.05, 0.1) is 0 Å². The topological polar surface area (TPSA) is 0 Å². The number of allylic oxidation sites excluding steroid dienone is 5. The summed E-state index contributed by atoms with van der Waals surface area (Å²) in [5.41, 5.74) is 3.39. The second-order valence-electron chi connectivity index (χ2n) is 4.10. The predicted octanol–water partition coefficient (Wildman–Crippen LogP) is 5.61. The molecule has 0 aromatic heterocycles. The van der Waals surface area contributed by atoms with Crippen LogP contribution in [0.15, 0.2) is 54.2 Å². The van der Waals surface area contributed by atoms with Gasteiger partial charge in [-0.3, -0.25) is 0 Å². The smallest absolute Gasteiger partial charge is 0.0442 e. The summed E-state index contributed by atoms with van der Waals surface area (Å²) in [6.07, 6.45) is 6.71. The molecule has 0 aliphatic heterocycles. The molecule has 17 heavy (non-hydrogen) atoms. The molecule has 1 rings (SSSR count). The highest BCUT2D eigenvalue weighted by molar-refractivity contribution is 6.33. The van der Waals surface area contributed by atoms with E-state index in [9.17, 15) is 0 Å². The lowest BCUT2D eigenvalue weighted by Crippen LogP contribution is -1.89. The van der Waals surface area contributed by atoms with E-state index in [-0.39, 0.29) is 0 Å². The second-order valence-corrected chi connectivity index (χ2v) is 4.95. The zero-order valence-corrected chi connectivity index (χ0v) is 11.6. The Kier molecular flexibility index (Phi) is 5.54. The Morgan fingerprint density at radius 2 is 1.94 bits per heavy atom. The lowest BCUT2D eigenvalue weighted by Gasteiger charge is -2.05. The molecule has 0 nitrogen and oxygen atoms in total. The maximum Gasteiger partial charge on any atom is 0.0442 e. The van der Waals surface area contributed by atoms with E-state index < -0.39 is 0 Å². The summed E-state index contributed by atoms with van der Waals surface area (Å²) in [5.74, 6) is 0. The zero-order valence-electron chi connectivity index (χ0n) is 10.1. The predicted molar refractivity (Wildman–Crippen MR) is 77.9 cm³/mol. The largest absolute Gasteiger partial charge is 0.0988 e. The molecule has 0 saturated carbocycles. The van der Waals surface area contributed by atoms with E-state index in [0.717, 1.165) is 22.6 Å². The van der Waals surface area contributed by atoms with Crippen LogP contribution in [0.2, 0.25) is 10.0 Å². The lowest BCUT2D eigenvalue weighted by atomic mass is 10.0. The third-order valence-corrected chi connectivity index (χ3v) is 2.90. The van der Waals surface area contributed by atoms with E-state index >= 15 is 0 Å². The van der Waals surface area contributed by atoms with Crippen molar-refractivity contribution >= 4 is 23.2 Å². The van der Waals surface area contributed by atoms with Crippen LogP contribution in [-0.2, 0) is 6.42 Å². The molecule has 0 aliphatic rings. The first-order valence-electron chi connectivity index (χ1n) is 5.43. The maximum absolute atomic E-state index is 6.12. The Morgan fingerprint density at radius 1 is 1.24 bits per heavy atom. The van der Waals surface area contributed by atoms with Gasteiger partial charge in [0.2, 0.25) is 0 Å². The Morgan fingerprint density at radius 3 is 2.53 bits per heavy atom. The Labute approximate surface area is 113 Å². The van der Waals surface area contributed by atoms with Crippen molar-refractivity contribution in [1.29, 1.82) is 0 Å². The molecule has 0 atom stereocenters. The summed E-state index contributed by atoms with van der Waals surface area (Å²) >= 11 is 12.1. The quantitative estimate of drug-likeness (QED) is 0.621. The fourth-order valence-electron chi connectivity index (χ4n) is 1.37. The summed E-state index contributed by atoms with van der Waals surface area (Å²) in [5, 5.41) is 1.44. The standard InChI is InChI=1S/C15H16Cl2/c1-4-12(6-5-11(2)3)9-13-10-14(16)7-8-15(13)17/h4-8,10H,1,9H2,2-3H3/b12-6+. The van der Waals surface area contributed by atoms with Gasteiger partial charge < -0.3 is 0 Å². The van der Waals surface area contributed by atoms with Gasteiger partial charge >= 0.3 is 0 Å². The molecule has 0 saturated heterocycles. The first-order valence-corrected chi connectivity index (χ1v) is 6.19. The maximum atomic E-state index is 6.12. The normalized spacial score (nSPS) is 11.2. The van der Waals surface area contributed by atoms with Crippen molar-refractivity contribution in [2.45, 2.75) is 20.3 Å². The summed E-state index contributed by atoms with van der Waals surface area (Å²) in [6, 6.07) is 5.51. The number of benzene rings is 1. The first-order chi connectivity index (χ1) is 8.02. The third-order valence-electron chi connectivity index (χ3n) is 2.30. The van der Waals surface area contributed by atoms with Crippen LogP contribution >= 0.6 is 23.2 Å². The average molecular weight is 267 g/mol. The van der Waals surface area contributed by atoms with E-state index in [0.29, 0.717) is 5.02 Å². The van der Waals surface area contributed by atoms with Crippen LogP contribution in [0.5, 0.6) is 0 Å². The number of hydrogen-bond acceptors (Lipinski definition) is 0. The highest BCUT2D eigenvalue weighted by Crippen LogP contribution is 2.23. The van der Waals surface area contributed by atoms with Crippen LogP contribution < -0.4 is 0 Å². The monoisotopic (exact) mass is 266 g/mol. The van der Waals surface area contributed by atoms with Crippen molar-refractivity contribution in [1.82, 2.24) is 0 Å². The molecule has 0 amide bonds. The Hall–Kier alpha value is -0.980. The van der Waals surface area contributed by atoms with E-state index in [4.69, 9.17) is 23.2 Å². The third kappa shape index (κ3) is 4.80. The molecule has 90 valence electrons. The van der Waals surface area contributed by atoms with Crippen LogP contribution in [0.4, 0.5) is 0 Å². The summed E-state index contributed by atoms with van der Waals surface area (Å²) in [6.45, 7) is 7.93. The molecule has 0 bridgehead atoms. The fraction of sp³-hybridized carbons (Fsp3) is 0.200. The van der Waals surface area contributed by atoms with Crippen LogP contribution in [0.25, 0.3) is 0 Å². The minimum absolute atomic E-state index is 0.704. The fourth-order valence-corrected chi connectivity index (χ4v) is 1.75. The summed E-state index contributed by atoms with van der Waals surface area (Å²) in [4.78, 5) is 0. The molecule has 0 radical (unpaired) electrons. The van der Waals surface area contributed by atoms with Gasteiger partial charge in [-0.25, -0.2) is 0 Å². The van der Waals surface area contributed by atoms with Gasteiger partial charge in [0.25, 0.3) is 0 Å². The summed E-state index contributed by atoms with van der Waals surface area (Å²) in [7, 11) is 0. The lowest BCUT2D eigenvalue weighted by molar-refractivity contribution is 1.20. The summed E-state index contributed by atoms with van der Waals surface area (Å²) < 4.78 is 0. The Bertz CT molecular complexity index is 464. The second kappa shape index (κ2) is 6.68. The van der Waals surface area contributed by atoms with Gasteiger partial charge in [0.1, 0.15) is 0 Å². The molecule has 0 N–H and O–H groups in total. The molecule has 0 spiro atoms. The molecule has 0 aliphatic carbocycles. The Balaban J connectivity index is 2.95. The van der Waals surface area contributed by atoms with E-state index in [1.165, 1.54) is 5.57 Å². The van der Waals surface area contributed by atoms with Gasteiger partial charge in [-0.1, -0.05) is 53.6 Å². The molecule has 0 fully saturated rings. The van der Waals surface area contributed by atoms with Crippen molar-refractivity contribution < 1.29 is 0 Å². The minimum atomic E-state index is 0.704. The minimum Gasteiger partial charge on any atom is -0.0988 e. The highest BCUT2D eigenvalue weighted by atomic mass is 35.5.